The Morgan fingerprint density at radius 3 is 2.06 bits per heavy atom. The predicted molar refractivity (Wildman–Crippen MR) is 215 cm³/mol. The molecule has 62 heavy (non-hydrogen) atoms. The molecule has 0 aromatic heterocycles. The van der Waals surface area contributed by atoms with Crippen molar-refractivity contribution in [3.05, 3.63) is 82.9 Å². The molecule has 4 aliphatic rings. The van der Waals surface area contributed by atoms with Crippen LogP contribution < -0.4 is 5.32 Å². The molecule has 0 spiro atoms. The van der Waals surface area contributed by atoms with Gasteiger partial charge in [-0.3, -0.25) is 4.79 Å². The monoisotopic (exact) mass is 871 g/mol. The van der Waals surface area contributed by atoms with E-state index >= 15 is 4.39 Å². The van der Waals surface area contributed by atoms with Crippen LogP contribution >= 0.6 is 0 Å². The number of ether oxygens (including phenoxy) is 6. The fourth-order valence-electron chi connectivity index (χ4n) is 10.1. The molecule has 2 unspecified atom stereocenters. The minimum atomic E-state index is -2.46. The second kappa shape index (κ2) is 16.9. The van der Waals surface area contributed by atoms with Crippen LogP contribution in [0.5, 0.6) is 0 Å². The van der Waals surface area contributed by atoms with E-state index < -0.39 is 132 Å². The van der Waals surface area contributed by atoms with Crippen molar-refractivity contribution >= 4 is 24.0 Å². The highest BCUT2D eigenvalue weighted by molar-refractivity contribution is 5.89. The number of amides is 1. The smallest absolute Gasteiger partial charge is 0.408 e. The van der Waals surface area contributed by atoms with Crippen LogP contribution in [-0.4, -0.2) is 128 Å². The molecule has 6 N–H and O–H groups in total. The number of carbonyl (C=O) groups is 4. The van der Waals surface area contributed by atoms with Crippen molar-refractivity contribution in [2.45, 2.75) is 147 Å². The molecule has 16 nitrogen and oxygen atoms in total. The number of esters is 3. The average Bonchev–Trinajstić information content (AvgIpc) is 3.18. The van der Waals surface area contributed by atoms with Gasteiger partial charge in [0, 0.05) is 24.2 Å². The van der Waals surface area contributed by atoms with Gasteiger partial charge in [-0.05, 0) is 63.5 Å². The minimum absolute atomic E-state index is 0.0227. The largest absolute Gasteiger partial charge is 0.456 e. The van der Waals surface area contributed by atoms with Crippen molar-refractivity contribution in [2.24, 2.45) is 16.7 Å². The Labute approximate surface area is 359 Å². The molecule has 2 saturated carbocycles. The van der Waals surface area contributed by atoms with Crippen molar-refractivity contribution in [3.8, 4) is 0 Å². The van der Waals surface area contributed by atoms with E-state index in [1.54, 1.807) is 83.1 Å². The van der Waals surface area contributed by atoms with Gasteiger partial charge in [0.25, 0.3) is 0 Å². The maximum absolute atomic E-state index is 16.6. The highest BCUT2D eigenvalue weighted by Crippen LogP contribution is 2.65. The van der Waals surface area contributed by atoms with Crippen LogP contribution in [0.1, 0.15) is 90.7 Å². The summed E-state index contributed by atoms with van der Waals surface area (Å²) in [4.78, 5) is 54.5. The summed E-state index contributed by atoms with van der Waals surface area (Å²) in [5.74, 6) is -4.86. The lowest BCUT2D eigenvalue weighted by atomic mass is 9.44. The van der Waals surface area contributed by atoms with E-state index in [1.807, 2.05) is 0 Å². The number of nitrogens with one attached hydrogen (secondary N) is 1. The van der Waals surface area contributed by atoms with E-state index in [0.717, 1.165) is 6.92 Å². The summed E-state index contributed by atoms with van der Waals surface area (Å²) in [5, 5.41) is 63.5. The number of benzene rings is 2. The molecule has 6 rings (SSSR count). The lowest BCUT2D eigenvalue weighted by Crippen LogP contribution is -2.85. The van der Waals surface area contributed by atoms with Gasteiger partial charge in [-0.25, -0.2) is 18.8 Å². The SMILES string of the molecule is CC(=O)O[C@@]12CO[C@@H]1[C@@H](F)[C@H](O)[C@@]1(C)C(O)[C@H](OC(C)O)C3=C(C)[C@@H](OC(=O)[C@H](O)[C@@H](NC(=O)OC(C)(C)C)c4ccccc4)C[C@@](O)([C@@H](OC(=O)c4ccccc4)[C@H]21)C3(C)C. The fourth-order valence-corrected chi connectivity index (χ4v) is 10.1. The molecular weight excluding hydrogens is 813 g/mol. The van der Waals surface area contributed by atoms with E-state index in [0.29, 0.717) is 5.56 Å². The molecule has 17 heteroatoms. The van der Waals surface area contributed by atoms with Gasteiger partial charge in [0.05, 0.1) is 36.3 Å². The first-order valence-corrected chi connectivity index (χ1v) is 20.6. The molecule has 2 bridgehead atoms. The molecule has 1 saturated heterocycles. The van der Waals surface area contributed by atoms with Crippen LogP contribution in [-0.2, 0) is 38.0 Å². The minimum Gasteiger partial charge on any atom is -0.456 e. The highest BCUT2D eigenvalue weighted by atomic mass is 19.1. The molecule has 2 aromatic rings. The summed E-state index contributed by atoms with van der Waals surface area (Å²) in [6.07, 6.45) is -18.5. The molecule has 14 atom stereocenters. The van der Waals surface area contributed by atoms with Gasteiger partial charge in [-0.2, -0.15) is 0 Å². The van der Waals surface area contributed by atoms with Crippen molar-refractivity contribution in [1.29, 1.82) is 0 Å². The number of alkyl carbamates (subject to hydrolysis) is 1. The number of alkyl halides is 1. The summed E-state index contributed by atoms with van der Waals surface area (Å²) in [6.45, 7) is 12.6. The van der Waals surface area contributed by atoms with Crippen molar-refractivity contribution < 1.29 is 77.5 Å². The topological polar surface area (TPSA) is 237 Å². The van der Waals surface area contributed by atoms with Crippen LogP contribution in [0.15, 0.2) is 71.8 Å². The van der Waals surface area contributed by atoms with Crippen LogP contribution in [0.3, 0.4) is 0 Å². The van der Waals surface area contributed by atoms with Crippen molar-refractivity contribution in [1.82, 2.24) is 5.32 Å². The number of hydrogen-bond acceptors (Lipinski definition) is 15. The number of aliphatic hydroxyl groups is 5. The summed E-state index contributed by atoms with van der Waals surface area (Å²) >= 11 is 0. The second-order valence-corrected chi connectivity index (χ2v) is 18.6. The molecule has 1 amide bonds. The molecule has 340 valence electrons. The maximum atomic E-state index is 16.6. The Hall–Kier alpha value is -4.49. The Bertz CT molecular complexity index is 2040. The first kappa shape index (κ1) is 47.0. The van der Waals surface area contributed by atoms with E-state index in [4.69, 9.17) is 28.4 Å². The average molecular weight is 872 g/mol. The standard InChI is InChI=1S/C45H58FNO15/c1-22-27(59-39(54)31(50)30(25-16-12-10-13-17-25)47-40(55)62-41(4,5)6)20-45(56)37(60-38(53)26-18-14-11-15-19-26)33-43(9,35(52)32(58-23(2)48)28(22)42(45,7)8)34(51)29(46)36-44(33,21-57-36)61-24(3)49/h10-19,23,27,29-37,48,50-52,56H,20-21H2,1-9H3,(H,47,55)/t23?,27-,29-,30-,31+,32+,33-,34-,35?,36+,37-,43-,44+,45+/m0/s1. The van der Waals surface area contributed by atoms with Crippen LogP contribution in [0, 0.1) is 16.7 Å². The van der Waals surface area contributed by atoms with Gasteiger partial charge in [0.2, 0.25) is 0 Å². The third-order valence-corrected chi connectivity index (χ3v) is 13.1. The molecule has 3 fully saturated rings. The predicted octanol–water partition coefficient (Wildman–Crippen LogP) is 3.36. The van der Waals surface area contributed by atoms with Gasteiger partial charge in [-0.15, -0.1) is 0 Å². The number of rotatable bonds is 10. The maximum Gasteiger partial charge on any atom is 0.408 e. The number of halogens is 1. The van der Waals surface area contributed by atoms with Crippen LogP contribution in [0.4, 0.5) is 9.18 Å². The van der Waals surface area contributed by atoms with E-state index in [2.05, 4.69) is 5.32 Å². The summed E-state index contributed by atoms with van der Waals surface area (Å²) in [6, 6.07) is 14.4. The first-order valence-electron chi connectivity index (χ1n) is 20.6. The molecular formula is C45H58FNO15. The molecule has 3 aliphatic carbocycles. The third-order valence-electron chi connectivity index (χ3n) is 13.1. The number of fused-ring (bicyclic) bond motifs is 5. The number of aliphatic hydroxyl groups excluding tert-OH is 4. The Morgan fingerprint density at radius 1 is 0.935 bits per heavy atom. The molecule has 1 aliphatic heterocycles. The Morgan fingerprint density at radius 2 is 1.53 bits per heavy atom. The Kier molecular flexibility index (Phi) is 12.8. The summed E-state index contributed by atoms with van der Waals surface area (Å²) in [5.41, 5.74) is -8.87. The van der Waals surface area contributed by atoms with Gasteiger partial charge >= 0.3 is 24.0 Å². The zero-order valence-electron chi connectivity index (χ0n) is 36.2. The van der Waals surface area contributed by atoms with E-state index in [9.17, 15) is 44.7 Å². The zero-order valence-corrected chi connectivity index (χ0v) is 36.2. The lowest BCUT2D eigenvalue weighted by molar-refractivity contribution is -0.382. The van der Waals surface area contributed by atoms with Crippen molar-refractivity contribution in [3.63, 3.8) is 0 Å². The fraction of sp³-hybridized carbons (Fsp3) is 0.600. The van der Waals surface area contributed by atoms with Gasteiger partial charge in [0.1, 0.15) is 35.6 Å². The molecule has 2 aromatic carbocycles. The van der Waals surface area contributed by atoms with Crippen LogP contribution in [0.25, 0.3) is 0 Å². The number of hydrogen-bond donors (Lipinski definition) is 6. The van der Waals surface area contributed by atoms with Crippen molar-refractivity contribution in [2.75, 3.05) is 6.61 Å². The molecule has 0 radical (unpaired) electrons. The van der Waals surface area contributed by atoms with Gasteiger partial charge < -0.3 is 59.3 Å². The van der Waals surface area contributed by atoms with Crippen LogP contribution in [0.2, 0.25) is 0 Å². The zero-order chi connectivity index (χ0) is 45.9. The normalized spacial score (nSPS) is 35.2. The van der Waals surface area contributed by atoms with E-state index in [-0.39, 0.29) is 16.7 Å². The third kappa shape index (κ3) is 8.01. The van der Waals surface area contributed by atoms with E-state index in [1.165, 1.54) is 32.9 Å². The number of carbonyl (C=O) groups excluding carboxylic acids is 4. The molecule has 1 heterocycles. The Balaban J connectivity index is 1.55. The highest BCUT2D eigenvalue weighted by Gasteiger charge is 2.80. The second-order valence-electron chi connectivity index (χ2n) is 18.6. The summed E-state index contributed by atoms with van der Waals surface area (Å²) < 4.78 is 52.1. The first-order chi connectivity index (χ1) is 28.8. The van der Waals surface area contributed by atoms with Gasteiger partial charge in [0.15, 0.2) is 24.2 Å². The quantitative estimate of drug-likeness (QED) is 0.0869. The van der Waals surface area contributed by atoms with Gasteiger partial charge in [-0.1, -0.05) is 69.3 Å². The lowest BCUT2D eigenvalue weighted by Gasteiger charge is -2.69. The summed E-state index contributed by atoms with van der Waals surface area (Å²) in [7, 11) is 0.